The first-order valence-electron chi connectivity index (χ1n) is 3.79. The topological polar surface area (TPSA) is 37.4 Å². The van der Waals surface area contributed by atoms with Gasteiger partial charge in [0.05, 0.1) is 6.67 Å². The van der Waals surface area contributed by atoms with Gasteiger partial charge in [0.2, 0.25) is 0 Å². The third-order valence-corrected chi connectivity index (χ3v) is 3.08. The van der Waals surface area contributed by atoms with Crippen LogP contribution in [0.3, 0.4) is 0 Å². The number of halogens is 2. The highest BCUT2D eigenvalue weighted by atomic mass is 32.3. The van der Waals surface area contributed by atoms with E-state index in [2.05, 4.69) is 0 Å². The molecule has 0 atom stereocenters. The first kappa shape index (κ1) is 9.85. The van der Waals surface area contributed by atoms with Crippen molar-refractivity contribution in [1.29, 1.82) is 0 Å². The summed E-state index contributed by atoms with van der Waals surface area (Å²) in [5.74, 6) is -0.0944. The molecule has 1 fully saturated rings. The number of alkyl halides is 1. The first-order chi connectivity index (χ1) is 5.54. The maximum absolute atomic E-state index is 12.3. The summed E-state index contributed by atoms with van der Waals surface area (Å²) in [6.45, 7) is -0.235. The Bertz CT molecular complexity index is 234. The van der Waals surface area contributed by atoms with E-state index in [0.29, 0.717) is 12.8 Å². The number of hydrogen-bond donors (Lipinski definition) is 0. The Labute approximate surface area is 70.7 Å². The van der Waals surface area contributed by atoms with Crippen molar-refractivity contribution in [2.75, 3.05) is 19.8 Å². The standard InChI is InChI=1S/C6H11F2NO2S/c7-5-6-1-3-9(4-2-6)12(8,10)11/h6H,1-5H2. The van der Waals surface area contributed by atoms with Crippen molar-refractivity contribution >= 4 is 10.4 Å². The SMILES string of the molecule is O=S(=O)(F)N1CCC(CF)CC1. The van der Waals surface area contributed by atoms with Crippen molar-refractivity contribution < 1.29 is 16.7 Å². The van der Waals surface area contributed by atoms with Gasteiger partial charge in [-0.15, -0.1) is 0 Å². The van der Waals surface area contributed by atoms with Crippen LogP contribution in [0.5, 0.6) is 0 Å². The molecule has 0 aromatic carbocycles. The summed E-state index contributed by atoms with van der Waals surface area (Å²) < 4.78 is 45.8. The molecule has 0 spiro atoms. The van der Waals surface area contributed by atoms with Crippen molar-refractivity contribution in [3.05, 3.63) is 0 Å². The van der Waals surface area contributed by atoms with Crippen LogP contribution < -0.4 is 0 Å². The van der Waals surface area contributed by atoms with Gasteiger partial charge in [-0.1, -0.05) is 3.89 Å². The van der Waals surface area contributed by atoms with E-state index in [9.17, 15) is 16.7 Å². The number of hydrogen-bond acceptors (Lipinski definition) is 2. The molecule has 0 aromatic heterocycles. The molecule has 0 amide bonds. The Kier molecular flexibility index (Phi) is 3.00. The lowest BCUT2D eigenvalue weighted by molar-refractivity contribution is 0.227. The predicted molar refractivity (Wildman–Crippen MR) is 40.3 cm³/mol. The van der Waals surface area contributed by atoms with E-state index in [1.54, 1.807) is 0 Å². The average molecular weight is 199 g/mol. The quantitative estimate of drug-likeness (QED) is 0.619. The third kappa shape index (κ3) is 2.38. The Morgan fingerprint density at radius 1 is 1.33 bits per heavy atom. The molecular weight excluding hydrogens is 188 g/mol. The highest BCUT2D eigenvalue weighted by molar-refractivity contribution is 7.83. The van der Waals surface area contributed by atoms with Gasteiger partial charge in [0, 0.05) is 13.1 Å². The summed E-state index contributed by atoms with van der Waals surface area (Å²) in [4.78, 5) is 0. The number of piperidine rings is 1. The van der Waals surface area contributed by atoms with Crippen LogP contribution in [0.1, 0.15) is 12.8 Å². The first-order valence-corrected chi connectivity index (χ1v) is 5.14. The van der Waals surface area contributed by atoms with Gasteiger partial charge in [-0.3, -0.25) is 4.39 Å². The van der Waals surface area contributed by atoms with Gasteiger partial charge in [0.1, 0.15) is 0 Å². The van der Waals surface area contributed by atoms with Gasteiger partial charge < -0.3 is 0 Å². The molecule has 0 aromatic rings. The van der Waals surface area contributed by atoms with E-state index in [-0.39, 0.29) is 19.0 Å². The zero-order valence-corrected chi connectivity index (χ0v) is 7.36. The van der Waals surface area contributed by atoms with E-state index in [1.807, 2.05) is 0 Å². The minimum atomic E-state index is -4.55. The summed E-state index contributed by atoms with van der Waals surface area (Å²) in [5.41, 5.74) is 0. The second-order valence-corrected chi connectivity index (χ2v) is 4.28. The molecular formula is C6H11F2NO2S. The maximum atomic E-state index is 12.3. The Morgan fingerprint density at radius 3 is 2.17 bits per heavy atom. The second-order valence-electron chi connectivity index (χ2n) is 2.94. The lowest BCUT2D eigenvalue weighted by Gasteiger charge is -2.26. The molecule has 1 rings (SSSR count). The molecule has 1 saturated heterocycles. The van der Waals surface area contributed by atoms with Crippen LogP contribution in [0.4, 0.5) is 8.28 Å². The molecule has 1 aliphatic heterocycles. The summed E-state index contributed by atoms with van der Waals surface area (Å²) in [6, 6.07) is 0. The van der Waals surface area contributed by atoms with Crippen LogP contribution in [-0.2, 0) is 10.4 Å². The second kappa shape index (κ2) is 3.66. The minimum absolute atomic E-state index is 0.0944. The van der Waals surface area contributed by atoms with Gasteiger partial charge in [0.25, 0.3) is 0 Å². The molecule has 0 N–H and O–H groups in total. The van der Waals surface area contributed by atoms with Crippen LogP contribution in [0.15, 0.2) is 0 Å². The van der Waals surface area contributed by atoms with Gasteiger partial charge in [0.15, 0.2) is 0 Å². The third-order valence-electron chi connectivity index (χ3n) is 2.10. The zero-order chi connectivity index (χ0) is 9.19. The van der Waals surface area contributed by atoms with E-state index in [1.165, 1.54) is 0 Å². The van der Waals surface area contributed by atoms with Crippen molar-refractivity contribution in [3.63, 3.8) is 0 Å². The Hall–Kier alpha value is -0.230. The van der Waals surface area contributed by atoms with E-state index < -0.39 is 17.1 Å². The van der Waals surface area contributed by atoms with Gasteiger partial charge >= 0.3 is 10.4 Å². The van der Waals surface area contributed by atoms with Crippen LogP contribution in [0.25, 0.3) is 0 Å². The highest BCUT2D eigenvalue weighted by Gasteiger charge is 2.27. The molecule has 0 unspecified atom stereocenters. The normalized spacial score (nSPS) is 22.8. The molecule has 0 saturated carbocycles. The molecule has 12 heavy (non-hydrogen) atoms. The minimum Gasteiger partial charge on any atom is -0.251 e. The van der Waals surface area contributed by atoms with Gasteiger partial charge in [-0.25, -0.2) is 0 Å². The van der Waals surface area contributed by atoms with Crippen molar-refractivity contribution in [1.82, 2.24) is 4.31 Å². The molecule has 1 aliphatic rings. The molecule has 1 heterocycles. The fourth-order valence-corrected chi connectivity index (χ4v) is 1.93. The van der Waals surface area contributed by atoms with Gasteiger partial charge in [-0.05, 0) is 18.8 Å². The predicted octanol–water partition coefficient (Wildman–Crippen LogP) is 0.882. The smallest absolute Gasteiger partial charge is 0.251 e. The summed E-state index contributed by atoms with van der Waals surface area (Å²) in [5, 5.41) is 0. The summed E-state index contributed by atoms with van der Waals surface area (Å²) >= 11 is 0. The summed E-state index contributed by atoms with van der Waals surface area (Å²) in [6.07, 6.45) is 0.833. The lowest BCUT2D eigenvalue weighted by atomic mass is 10.0. The molecule has 0 aliphatic carbocycles. The lowest BCUT2D eigenvalue weighted by Crippen LogP contribution is -2.36. The molecule has 6 heteroatoms. The van der Waals surface area contributed by atoms with Crippen molar-refractivity contribution in [2.45, 2.75) is 12.8 Å². The van der Waals surface area contributed by atoms with E-state index in [0.717, 1.165) is 4.31 Å². The fourth-order valence-electron chi connectivity index (χ4n) is 1.28. The number of rotatable bonds is 2. The molecule has 0 bridgehead atoms. The van der Waals surface area contributed by atoms with Crippen LogP contribution in [-0.4, -0.2) is 32.5 Å². The number of nitrogens with zero attached hydrogens (tertiary/aromatic N) is 1. The largest absolute Gasteiger partial charge is 0.374 e. The maximum Gasteiger partial charge on any atom is 0.374 e. The fraction of sp³-hybridized carbons (Fsp3) is 1.00. The van der Waals surface area contributed by atoms with Crippen molar-refractivity contribution in [3.8, 4) is 0 Å². The monoisotopic (exact) mass is 199 g/mol. The zero-order valence-electron chi connectivity index (χ0n) is 6.54. The van der Waals surface area contributed by atoms with E-state index in [4.69, 9.17) is 0 Å². The average Bonchev–Trinajstić information content (AvgIpc) is 2.03. The highest BCUT2D eigenvalue weighted by Crippen LogP contribution is 2.20. The Balaban J connectivity index is 2.47. The molecule has 72 valence electrons. The van der Waals surface area contributed by atoms with Gasteiger partial charge in [-0.2, -0.15) is 12.7 Å². The van der Waals surface area contributed by atoms with Crippen LogP contribution in [0, 0.1) is 5.92 Å². The molecule has 3 nitrogen and oxygen atoms in total. The van der Waals surface area contributed by atoms with E-state index >= 15 is 0 Å². The molecule has 0 radical (unpaired) electrons. The van der Waals surface area contributed by atoms with Crippen LogP contribution in [0.2, 0.25) is 0 Å². The summed E-state index contributed by atoms with van der Waals surface area (Å²) in [7, 11) is -4.55. The Morgan fingerprint density at radius 2 is 1.83 bits per heavy atom. The van der Waals surface area contributed by atoms with Crippen molar-refractivity contribution in [2.24, 2.45) is 5.92 Å². The van der Waals surface area contributed by atoms with Crippen LogP contribution >= 0.6 is 0 Å².